The highest BCUT2D eigenvalue weighted by molar-refractivity contribution is 5.93. The summed E-state index contributed by atoms with van der Waals surface area (Å²) in [6, 6.07) is 5.14. The molecule has 0 aliphatic heterocycles. The Morgan fingerprint density at radius 3 is 2.76 bits per heavy atom. The van der Waals surface area contributed by atoms with E-state index in [0.29, 0.717) is 5.92 Å². The molecule has 1 N–H and O–H groups in total. The van der Waals surface area contributed by atoms with Gasteiger partial charge < -0.3 is 5.32 Å². The fourth-order valence-corrected chi connectivity index (χ4v) is 2.40. The third-order valence-electron chi connectivity index (χ3n) is 4.00. The van der Waals surface area contributed by atoms with Crippen molar-refractivity contribution >= 4 is 17.3 Å². The smallest absolute Gasteiger partial charge is 0.306 e. The van der Waals surface area contributed by atoms with Gasteiger partial charge in [-0.3, -0.25) is 19.7 Å². The Balaban J connectivity index is 1.81. The number of hydrogen-bond donors (Lipinski definition) is 1. The molecule has 1 aliphatic rings. The average Bonchev–Trinajstić information content (AvgIpc) is 3.41. The monoisotopic (exact) mass is 346 g/mol. The third kappa shape index (κ3) is 3.54. The van der Waals surface area contributed by atoms with Crippen molar-refractivity contribution in [3.8, 4) is 0 Å². The van der Waals surface area contributed by atoms with E-state index in [0.717, 1.165) is 35.4 Å². The van der Waals surface area contributed by atoms with Gasteiger partial charge >= 0.3 is 5.69 Å². The van der Waals surface area contributed by atoms with Gasteiger partial charge in [-0.15, -0.1) is 0 Å². The lowest BCUT2D eigenvalue weighted by Gasteiger charge is -2.15. The molecular formula is C16H15FN4O4. The number of nitrogens with zero attached hydrogens (tertiary/aromatic N) is 3. The van der Waals surface area contributed by atoms with Gasteiger partial charge in [0.05, 0.1) is 10.6 Å². The summed E-state index contributed by atoms with van der Waals surface area (Å²) in [5, 5.41) is 17.4. The number of carbonyl (C=O) groups excluding carboxylic acids is 1. The second kappa shape index (κ2) is 6.42. The summed E-state index contributed by atoms with van der Waals surface area (Å²) in [5.41, 5.74) is -0.332. The summed E-state index contributed by atoms with van der Waals surface area (Å²) in [6.45, 7) is 1.50. The third-order valence-corrected chi connectivity index (χ3v) is 4.00. The van der Waals surface area contributed by atoms with Crippen LogP contribution < -0.4 is 10.9 Å². The number of benzene rings is 1. The zero-order valence-electron chi connectivity index (χ0n) is 13.3. The number of hydrogen-bond acceptors (Lipinski definition) is 5. The molecule has 1 aromatic heterocycles. The Labute approximate surface area is 141 Å². The predicted octanol–water partition coefficient (Wildman–Crippen LogP) is 2.37. The van der Waals surface area contributed by atoms with Crippen molar-refractivity contribution in [2.24, 2.45) is 0 Å². The molecule has 130 valence electrons. The largest absolute Gasteiger partial charge is 0.324 e. The lowest BCUT2D eigenvalue weighted by atomic mass is 10.2. The number of anilines is 1. The van der Waals surface area contributed by atoms with Gasteiger partial charge in [-0.1, -0.05) is 0 Å². The van der Waals surface area contributed by atoms with E-state index in [1.807, 2.05) is 0 Å². The van der Waals surface area contributed by atoms with Crippen LogP contribution in [-0.2, 0) is 4.79 Å². The van der Waals surface area contributed by atoms with Crippen LogP contribution in [0.5, 0.6) is 0 Å². The number of nitro groups is 1. The molecule has 1 fully saturated rings. The minimum absolute atomic E-state index is 0.0661. The standard InChI is InChI=1S/C16H15FN4O4/c1-9(20-15(22)7-6-13(19-20)10-2-3-10)16(23)18-11-4-5-12(17)14(8-11)21(24)25/h4-10H,2-3H2,1H3,(H,18,23). The molecule has 1 amide bonds. The molecule has 1 heterocycles. The molecule has 2 aromatic rings. The minimum Gasteiger partial charge on any atom is -0.324 e. The van der Waals surface area contributed by atoms with Crippen LogP contribution >= 0.6 is 0 Å². The lowest BCUT2D eigenvalue weighted by Crippen LogP contribution is -2.33. The predicted molar refractivity (Wildman–Crippen MR) is 86.9 cm³/mol. The number of halogens is 1. The summed E-state index contributed by atoms with van der Waals surface area (Å²) in [5.74, 6) is -1.25. The molecule has 9 heteroatoms. The Morgan fingerprint density at radius 2 is 2.12 bits per heavy atom. The summed E-state index contributed by atoms with van der Waals surface area (Å²) < 4.78 is 14.4. The van der Waals surface area contributed by atoms with E-state index in [2.05, 4.69) is 10.4 Å². The van der Waals surface area contributed by atoms with Gasteiger partial charge in [0, 0.05) is 23.7 Å². The molecule has 0 bridgehead atoms. The van der Waals surface area contributed by atoms with Gasteiger partial charge in [0.15, 0.2) is 0 Å². The van der Waals surface area contributed by atoms with E-state index < -0.39 is 33.9 Å². The first-order valence-electron chi connectivity index (χ1n) is 7.71. The first-order chi connectivity index (χ1) is 11.9. The van der Waals surface area contributed by atoms with Crippen molar-refractivity contribution in [1.29, 1.82) is 0 Å². The Morgan fingerprint density at radius 1 is 1.40 bits per heavy atom. The maximum Gasteiger partial charge on any atom is 0.306 e. The van der Waals surface area contributed by atoms with Crippen molar-refractivity contribution in [3.05, 3.63) is 62.3 Å². The number of rotatable bonds is 5. The van der Waals surface area contributed by atoms with Crippen LogP contribution in [0.1, 0.15) is 37.4 Å². The molecule has 0 spiro atoms. The van der Waals surface area contributed by atoms with Crippen LogP contribution in [-0.4, -0.2) is 20.6 Å². The van der Waals surface area contributed by atoms with Crippen LogP contribution in [0.3, 0.4) is 0 Å². The maximum atomic E-state index is 13.4. The van der Waals surface area contributed by atoms with Crippen LogP contribution in [0.25, 0.3) is 0 Å². The molecule has 1 aliphatic carbocycles. The molecule has 1 aromatic carbocycles. The van der Waals surface area contributed by atoms with Crippen LogP contribution in [0, 0.1) is 15.9 Å². The van der Waals surface area contributed by atoms with Gasteiger partial charge in [0.1, 0.15) is 6.04 Å². The molecule has 1 atom stereocenters. The van der Waals surface area contributed by atoms with E-state index in [-0.39, 0.29) is 5.69 Å². The minimum atomic E-state index is -0.994. The van der Waals surface area contributed by atoms with E-state index in [1.54, 1.807) is 6.07 Å². The Hall–Kier alpha value is -3.10. The first kappa shape index (κ1) is 16.7. The molecule has 8 nitrogen and oxygen atoms in total. The molecule has 25 heavy (non-hydrogen) atoms. The maximum absolute atomic E-state index is 13.4. The number of nitrogens with one attached hydrogen (secondary N) is 1. The number of carbonyl (C=O) groups is 1. The van der Waals surface area contributed by atoms with E-state index in [4.69, 9.17) is 0 Å². The zero-order chi connectivity index (χ0) is 18.1. The summed E-state index contributed by atoms with van der Waals surface area (Å²) in [7, 11) is 0. The van der Waals surface area contributed by atoms with Crippen molar-refractivity contribution in [1.82, 2.24) is 9.78 Å². The lowest BCUT2D eigenvalue weighted by molar-refractivity contribution is -0.387. The Kier molecular flexibility index (Phi) is 4.30. The SMILES string of the molecule is CC(C(=O)Nc1ccc(F)c([N+](=O)[O-])c1)n1nc(C2CC2)ccc1=O. The molecule has 3 rings (SSSR count). The van der Waals surface area contributed by atoms with Crippen molar-refractivity contribution in [2.45, 2.75) is 31.7 Å². The van der Waals surface area contributed by atoms with Gasteiger partial charge in [0.25, 0.3) is 5.56 Å². The van der Waals surface area contributed by atoms with E-state index in [9.17, 15) is 24.1 Å². The molecule has 1 unspecified atom stereocenters. The van der Waals surface area contributed by atoms with Gasteiger partial charge in [-0.2, -0.15) is 9.49 Å². The second-order valence-electron chi connectivity index (χ2n) is 5.90. The molecular weight excluding hydrogens is 331 g/mol. The number of nitro benzene ring substituents is 1. The molecule has 1 saturated carbocycles. The highest BCUT2D eigenvalue weighted by Crippen LogP contribution is 2.38. The fourth-order valence-electron chi connectivity index (χ4n) is 2.40. The fraction of sp³-hybridized carbons (Fsp3) is 0.312. The van der Waals surface area contributed by atoms with Crippen molar-refractivity contribution in [3.63, 3.8) is 0 Å². The normalized spacial score (nSPS) is 14.8. The second-order valence-corrected chi connectivity index (χ2v) is 5.90. The van der Waals surface area contributed by atoms with E-state index in [1.165, 1.54) is 19.1 Å². The number of aromatic nitrogens is 2. The summed E-state index contributed by atoms with van der Waals surface area (Å²) in [6.07, 6.45) is 2.01. The van der Waals surface area contributed by atoms with Gasteiger partial charge in [0.2, 0.25) is 11.7 Å². The quantitative estimate of drug-likeness (QED) is 0.660. The Bertz CT molecular complexity index is 907. The van der Waals surface area contributed by atoms with Gasteiger partial charge in [-0.05, 0) is 38.0 Å². The molecule has 0 saturated heterocycles. The van der Waals surface area contributed by atoms with Crippen LogP contribution in [0.15, 0.2) is 35.1 Å². The average molecular weight is 346 g/mol. The highest BCUT2D eigenvalue weighted by Gasteiger charge is 2.27. The van der Waals surface area contributed by atoms with Crippen molar-refractivity contribution in [2.75, 3.05) is 5.32 Å². The highest BCUT2D eigenvalue weighted by atomic mass is 19.1. The van der Waals surface area contributed by atoms with Crippen molar-refractivity contribution < 1.29 is 14.1 Å². The van der Waals surface area contributed by atoms with Crippen LogP contribution in [0.2, 0.25) is 0 Å². The zero-order valence-corrected chi connectivity index (χ0v) is 13.3. The molecule has 0 radical (unpaired) electrons. The van der Waals surface area contributed by atoms with Crippen LogP contribution in [0.4, 0.5) is 15.8 Å². The summed E-state index contributed by atoms with van der Waals surface area (Å²) >= 11 is 0. The number of amides is 1. The first-order valence-corrected chi connectivity index (χ1v) is 7.71. The summed E-state index contributed by atoms with van der Waals surface area (Å²) in [4.78, 5) is 34.2. The topological polar surface area (TPSA) is 107 Å². The van der Waals surface area contributed by atoms with Gasteiger partial charge in [-0.25, -0.2) is 4.68 Å². The van der Waals surface area contributed by atoms with E-state index >= 15 is 0 Å².